The molecule has 0 spiro atoms. The highest BCUT2D eigenvalue weighted by atomic mass is 19.4. The molecule has 0 bridgehead atoms. The standard InChI is InChI=1S/C30H38N10O3.C2HF3O2/c31-22-11-7-19(8-12-22)16-25(29(43)39-24(27(34)41)4-2-14-38-30(35)36)40-28(42)23(21-3-1-13-37-17-21)15-18-5-9-20(10-6-18)26(32)33;3-2(4,5)1(6)7/h1,3,5-13,17,23-25H,2,4,14-16,31H2,(H3,32,33)(H2,34,41)(H,39,43)(H,40,42)(H4,35,36,38);(H,6,7)/t23-,24+,25+;/m1./s1. The van der Waals surface area contributed by atoms with Crippen LogP contribution >= 0.6 is 0 Å². The van der Waals surface area contributed by atoms with Gasteiger partial charge in [-0.3, -0.25) is 29.8 Å². The number of aromatic nitrogens is 1. The third-order valence-corrected chi connectivity index (χ3v) is 7.01. The van der Waals surface area contributed by atoms with E-state index in [1.165, 1.54) is 0 Å². The fourth-order valence-electron chi connectivity index (χ4n) is 4.43. The minimum absolute atomic E-state index is 0.0601. The van der Waals surface area contributed by atoms with E-state index in [4.69, 9.17) is 44.0 Å². The van der Waals surface area contributed by atoms with E-state index < -0.39 is 47.9 Å². The van der Waals surface area contributed by atoms with Crippen LogP contribution in [0.2, 0.25) is 0 Å². The number of rotatable bonds is 15. The summed E-state index contributed by atoms with van der Waals surface area (Å²) < 4.78 is 31.7. The molecule has 0 aliphatic carbocycles. The van der Waals surface area contributed by atoms with E-state index in [1.807, 2.05) is 0 Å². The molecular weight excluding hydrogens is 661 g/mol. The molecule has 0 radical (unpaired) electrons. The third-order valence-electron chi connectivity index (χ3n) is 7.01. The summed E-state index contributed by atoms with van der Waals surface area (Å²) in [4.78, 5) is 56.5. The van der Waals surface area contributed by atoms with Gasteiger partial charge >= 0.3 is 12.1 Å². The van der Waals surface area contributed by atoms with Crippen molar-refractivity contribution in [3.63, 3.8) is 0 Å². The van der Waals surface area contributed by atoms with Crippen LogP contribution in [0.25, 0.3) is 0 Å². The molecule has 3 aromatic rings. The van der Waals surface area contributed by atoms with Crippen molar-refractivity contribution in [3.05, 3.63) is 95.3 Å². The van der Waals surface area contributed by atoms with Gasteiger partial charge in [0.15, 0.2) is 5.96 Å². The van der Waals surface area contributed by atoms with Gasteiger partial charge in [-0.15, -0.1) is 0 Å². The number of carboxylic acids is 1. The number of aliphatic carboxylic acids is 1. The number of nitrogens with zero attached hydrogens (tertiary/aromatic N) is 2. The van der Waals surface area contributed by atoms with E-state index in [0.29, 0.717) is 29.7 Å². The molecule has 18 heteroatoms. The summed E-state index contributed by atoms with van der Waals surface area (Å²) in [5, 5.41) is 20.3. The van der Waals surface area contributed by atoms with Crippen LogP contribution in [0.15, 0.2) is 78.0 Å². The molecule has 14 N–H and O–H groups in total. The van der Waals surface area contributed by atoms with Gasteiger partial charge in [0.25, 0.3) is 0 Å². The summed E-state index contributed by atoms with van der Waals surface area (Å²) in [6.45, 7) is 0.258. The number of hydrogen-bond acceptors (Lipinski definition) is 8. The highest BCUT2D eigenvalue weighted by Crippen LogP contribution is 2.22. The van der Waals surface area contributed by atoms with Crippen LogP contribution in [0, 0.1) is 5.41 Å². The number of alkyl halides is 3. The normalized spacial score (nSPS) is 12.5. The smallest absolute Gasteiger partial charge is 0.475 e. The molecule has 1 aromatic heterocycles. The molecule has 1 heterocycles. The van der Waals surface area contributed by atoms with Crippen LogP contribution in [0.3, 0.4) is 0 Å². The molecule has 0 saturated heterocycles. The number of primary amides is 1. The first-order valence-corrected chi connectivity index (χ1v) is 14.9. The number of amidine groups is 1. The lowest BCUT2D eigenvalue weighted by Gasteiger charge is -2.25. The second-order valence-electron chi connectivity index (χ2n) is 10.9. The maximum Gasteiger partial charge on any atom is 0.490 e. The molecule has 50 heavy (non-hydrogen) atoms. The van der Waals surface area contributed by atoms with Crippen molar-refractivity contribution >= 4 is 41.2 Å². The van der Waals surface area contributed by atoms with Crippen molar-refractivity contribution in [2.24, 2.45) is 27.9 Å². The Balaban J connectivity index is 0.00000112. The van der Waals surface area contributed by atoms with Crippen molar-refractivity contribution < 1.29 is 37.5 Å². The minimum atomic E-state index is -5.08. The lowest BCUT2D eigenvalue weighted by Crippen LogP contribution is -2.54. The van der Waals surface area contributed by atoms with E-state index in [2.05, 4.69) is 20.6 Å². The number of guanidine groups is 1. The van der Waals surface area contributed by atoms with E-state index in [1.54, 1.807) is 73.1 Å². The van der Waals surface area contributed by atoms with Crippen LogP contribution in [-0.2, 0) is 32.0 Å². The molecule has 2 aromatic carbocycles. The molecule has 3 atom stereocenters. The Morgan fingerprint density at radius 1 is 0.860 bits per heavy atom. The summed E-state index contributed by atoms with van der Waals surface area (Å²) in [5.41, 5.74) is 31.0. The number of anilines is 1. The fourth-order valence-corrected chi connectivity index (χ4v) is 4.43. The predicted molar refractivity (Wildman–Crippen MR) is 179 cm³/mol. The monoisotopic (exact) mass is 700 g/mol. The van der Waals surface area contributed by atoms with Crippen LogP contribution in [0.1, 0.15) is 41.0 Å². The van der Waals surface area contributed by atoms with E-state index in [-0.39, 0.29) is 31.2 Å². The van der Waals surface area contributed by atoms with Crippen molar-refractivity contribution in [2.45, 2.75) is 49.9 Å². The summed E-state index contributed by atoms with van der Waals surface area (Å²) in [5.74, 6) is -5.32. The largest absolute Gasteiger partial charge is 0.490 e. The molecule has 3 amide bonds. The zero-order valence-electron chi connectivity index (χ0n) is 26.7. The number of carbonyl (C=O) groups is 4. The third kappa shape index (κ3) is 13.9. The van der Waals surface area contributed by atoms with Crippen molar-refractivity contribution in [3.8, 4) is 0 Å². The number of carboxylic acid groups (broad SMARTS) is 1. The van der Waals surface area contributed by atoms with Gasteiger partial charge in [-0.05, 0) is 54.2 Å². The van der Waals surface area contributed by atoms with Gasteiger partial charge in [0.2, 0.25) is 17.7 Å². The first kappa shape index (κ1) is 40.0. The summed E-state index contributed by atoms with van der Waals surface area (Å²) in [6, 6.07) is 15.4. The number of nitrogens with one attached hydrogen (secondary N) is 3. The van der Waals surface area contributed by atoms with Gasteiger partial charge in [0.1, 0.15) is 17.9 Å². The highest BCUT2D eigenvalue weighted by Gasteiger charge is 2.38. The van der Waals surface area contributed by atoms with Crippen molar-refractivity contribution in [1.82, 2.24) is 15.6 Å². The Morgan fingerprint density at radius 3 is 1.92 bits per heavy atom. The van der Waals surface area contributed by atoms with E-state index >= 15 is 0 Å². The maximum atomic E-state index is 13.9. The molecule has 15 nitrogen and oxygen atoms in total. The molecule has 0 aliphatic heterocycles. The SMILES string of the molecule is N=C(N)c1ccc(C[C@@H](C(=O)N[C@@H](Cc2ccc(N)cc2)C(=O)N[C@@H](CCCN=C(N)N)C(N)=O)c2cccnc2)cc1.O=C(O)C(F)(F)F. The average Bonchev–Trinajstić information content (AvgIpc) is 3.05. The Bertz CT molecular complexity index is 1630. The Morgan fingerprint density at radius 2 is 1.42 bits per heavy atom. The fraction of sp³-hybridized carbons (Fsp3) is 0.281. The highest BCUT2D eigenvalue weighted by molar-refractivity contribution is 5.95. The van der Waals surface area contributed by atoms with Gasteiger partial charge < -0.3 is 44.4 Å². The lowest BCUT2D eigenvalue weighted by molar-refractivity contribution is -0.192. The van der Waals surface area contributed by atoms with Crippen LogP contribution < -0.4 is 39.3 Å². The summed E-state index contributed by atoms with van der Waals surface area (Å²) in [6.07, 6.45) is -0.857. The maximum absolute atomic E-state index is 13.9. The lowest BCUT2D eigenvalue weighted by atomic mass is 9.91. The van der Waals surface area contributed by atoms with Gasteiger partial charge in [-0.2, -0.15) is 13.2 Å². The zero-order valence-corrected chi connectivity index (χ0v) is 26.7. The zero-order chi connectivity index (χ0) is 37.4. The van der Waals surface area contributed by atoms with Crippen LogP contribution in [0.5, 0.6) is 0 Å². The van der Waals surface area contributed by atoms with E-state index in [0.717, 1.165) is 11.1 Å². The topological polar surface area (TPSA) is 292 Å². The Kier molecular flexibility index (Phi) is 15.2. The average molecular weight is 701 g/mol. The molecule has 0 saturated carbocycles. The number of halogens is 3. The number of aliphatic imine (C=N–C) groups is 1. The molecule has 268 valence electrons. The number of amides is 3. The van der Waals surface area contributed by atoms with Crippen LogP contribution in [0.4, 0.5) is 18.9 Å². The molecule has 0 unspecified atom stereocenters. The van der Waals surface area contributed by atoms with E-state index in [9.17, 15) is 27.6 Å². The summed E-state index contributed by atoms with van der Waals surface area (Å²) in [7, 11) is 0. The molecule has 3 rings (SSSR count). The van der Waals surface area contributed by atoms with Gasteiger partial charge in [-0.25, -0.2) is 4.79 Å². The number of nitrogen functional groups attached to an aromatic ring is 2. The van der Waals surface area contributed by atoms with Gasteiger partial charge in [0, 0.05) is 36.6 Å². The Hall–Kier alpha value is -6.20. The molecule has 0 fully saturated rings. The Labute approximate surface area is 285 Å². The second kappa shape index (κ2) is 19.0. The first-order valence-electron chi connectivity index (χ1n) is 14.9. The number of nitrogens with two attached hydrogens (primary N) is 5. The quantitative estimate of drug-likeness (QED) is 0.0462. The van der Waals surface area contributed by atoms with Crippen molar-refractivity contribution in [2.75, 3.05) is 12.3 Å². The first-order chi connectivity index (χ1) is 23.5. The van der Waals surface area contributed by atoms with Gasteiger partial charge in [0.05, 0.1) is 5.92 Å². The van der Waals surface area contributed by atoms with Crippen LogP contribution in [-0.4, -0.2) is 70.4 Å². The predicted octanol–water partition coefficient (Wildman–Crippen LogP) is 0.659. The minimum Gasteiger partial charge on any atom is -0.475 e. The summed E-state index contributed by atoms with van der Waals surface area (Å²) >= 11 is 0. The number of pyridine rings is 1. The van der Waals surface area contributed by atoms with Crippen molar-refractivity contribution in [1.29, 1.82) is 5.41 Å². The number of hydrogen-bond donors (Lipinski definition) is 9. The number of carbonyl (C=O) groups excluding carboxylic acids is 3. The molecular formula is C32H39F3N10O5. The van der Waals surface area contributed by atoms with Gasteiger partial charge in [-0.1, -0.05) is 42.5 Å². The second-order valence-corrected chi connectivity index (χ2v) is 10.9. The number of benzene rings is 2. The molecule has 0 aliphatic rings.